The lowest BCUT2D eigenvalue weighted by Gasteiger charge is -2.47. The van der Waals surface area contributed by atoms with E-state index in [1.165, 1.54) is 12.1 Å². The van der Waals surface area contributed by atoms with Crippen molar-refractivity contribution in [1.29, 1.82) is 0 Å². The Hall–Kier alpha value is -3.22. The Morgan fingerprint density at radius 1 is 1.22 bits per heavy atom. The van der Waals surface area contributed by atoms with E-state index in [4.69, 9.17) is 9.47 Å². The SMILES string of the molecule is CCOC(=O)N[C@@H]1CC[C@@H]2[C@@H](C1)C[C@@H]1C(=O)O[C@@H](C)[C@H]1[C@@H]2C=Cc1ccc(-c2cccc(F)c2)cn1. The van der Waals surface area contributed by atoms with Gasteiger partial charge in [-0.2, -0.15) is 0 Å². The number of amides is 1. The molecule has 6 nitrogen and oxygen atoms in total. The Bertz CT molecular complexity index is 1130. The van der Waals surface area contributed by atoms with Gasteiger partial charge in [0.2, 0.25) is 0 Å². The summed E-state index contributed by atoms with van der Waals surface area (Å²) in [5.74, 6) is 0.629. The van der Waals surface area contributed by atoms with E-state index in [1.54, 1.807) is 19.2 Å². The molecule has 2 aromatic rings. The zero-order chi connectivity index (χ0) is 25.2. The number of carbonyl (C=O) groups is 2. The van der Waals surface area contributed by atoms with Gasteiger partial charge in [0.05, 0.1) is 18.2 Å². The van der Waals surface area contributed by atoms with E-state index in [2.05, 4.69) is 16.4 Å². The maximum atomic E-state index is 13.6. The van der Waals surface area contributed by atoms with Gasteiger partial charge in [-0.25, -0.2) is 9.18 Å². The van der Waals surface area contributed by atoms with Crippen molar-refractivity contribution in [3.63, 3.8) is 0 Å². The van der Waals surface area contributed by atoms with Gasteiger partial charge in [0.1, 0.15) is 11.9 Å². The van der Waals surface area contributed by atoms with Gasteiger partial charge in [-0.15, -0.1) is 0 Å². The average Bonchev–Trinajstić information content (AvgIpc) is 3.15. The predicted octanol–water partition coefficient (Wildman–Crippen LogP) is 5.63. The number of aromatic nitrogens is 1. The van der Waals surface area contributed by atoms with Crippen LogP contribution in [-0.2, 0) is 14.3 Å². The van der Waals surface area contributed by atoms with Crippen molar-refractivity contribution in [3.8, 4) is 11.1 Å². The van der Waals surface area contributed by atoms with Crippen LogP contribution in [0, 0.1) is 35.4 Å². The van der Waals surface area contributed by atoms with E-state index in [0.29, 0.717) is 18.4 Å². The highest BCUT2D eigenvalue weighted by Gasteiger charge is 2.54. The molecule has 7 heteroatoms. The third kappa shape index (κ3) is 5.01. The standard InChI is InChI=1S/C29H33FN2O4/c1-3-35-29(34)32-23-10-11-24-20(14-23)15-26-27(17(2)36-28(26)33)25(24)12-9-22-8-7-19(16-31-22)18-5-4-6-21(30)13-18/h4-9,12-13,16-17,20,23-27H,3,10-11,14-15H2,1-2H3,(H,32,34)/t17-,20-,23+,24+,25+,26-,27-/m0/s1. The second kappa shape index (κ2) is 10.4. The number of pyridine rings is 1. The summed E-state index contributed by atoms with van der Waals surface area (Å²) in [4.78, 5) is 29.2. The molecule has 3 aliphatic rings. The minimum atomic E-state index is -0.368. The molecular formula is C29H33FN2O4. The first-order valence-electron chi connectivity index (χ1n) is 13.0. The molecular weight excluding hydrogens is 459 g/mol. The number of carbonyl (C=O) groups excluding carboxylic acids is 2. The van der Waals surface area contributed by atoms with Crippen LogP contribution >= 0.6 is 0 Å². The van der Waals surface area contributed by atoms with Gasteiger partial charge in [-0.05, 0) is 87.1 Å². The summed E-state index contributed by atoms with van der Waals surface area (Å²) in [5.41, 5.74) is 2.48. The molecule has 36 heavy (non-hydrogen) atoms. The number of rotatable bonds is 5. The number of halogens is 1. The molecule has 1 saturated heterocycles. The molecule has 5 rings (SSSR count). The number of esters is 1. The highest BCUT2D eigenvalue weighted by Crippen LogP contribution is 2.53. The van der Waals surface area contributed by atoms with Gasteiger partial charge in [-0.1, -0.05) is 24.3 Å². The fraction of sp³-hybridized carbons (Fsp3) is 0.483. The molecule has 1 aromatic carbocycles. The van der Waals surface area contributed by atoms with Gasteiger partial charge < -0.3 is 14.8 Å². The number of ether oxygens (including phenoxy) is 2. The molecule has 0 radical (unpaired) electrons. The second-order valence-electron chi connectivity index (χ2n) is 10.3. The van der Waals surface area contributed by atoms with Crippen LogP contribution in [0.15, 0.2) is 48.7 Å². The zero-order valence-corrected chi connectivity index (χ0v) is 20.7. The maximum Gasteiger partial charge on any atom is 0.407 e. The zero-order valence-electron chi connectivity index (χ0n) is 20.7. The fourth-order valence-electron chi connectivity index (χ4n) is 6.64. The minimum absolute atomic E-state index is 0.0679. The fourth-order valence-corrected chi connectivity index (χ4v) is 6.64. The lowest BCUT2D eigenvalue weighted by Crippen LogP contribution is -2.48. The van der Waals surface area contributed by atoms with Crippen molar-refractivity contribution in [3.05, 3.63) is 60.2 Å². The third-order valence-corrected chi connectivity index (χ3v) is 8.18. The molecule has 3 fully saturated rings. The highest BCUT2D eigenvalue weighted by atomic mass is 19.1. The summed E-state index contributed by atoms with van der Waals surface area (Å²) < 4.78 is 24.3. The predicted molar refractivity (Wildman–Crippen MR) is 134 cm³/mol. The first-order chi connectivity index (χ1) is 17.4. The van der Waals surface area contributed by atoms with Crippen LogP contribution in [0.25, 0.3) is 17.2 Å². The Morgan fingerprint density at radius 2 is 2.08 bits per heavy atom. The van der Waals surface area contributed by atoms with E-state index in [-0.39, 0.29) is 47.8 Å². The molecule has 0 spiro atoms. The minimum Gasteiger partial charge on any atom is -0.462 e. The average molecular weight is 493 g/mol. The van der Waals surface area contributed by atoms with Gasteiger partial charge in [0, 0.05) is 23.7 Å². The lowest BCUT2D eigenvalue weighted by atomic mass is 9.57. The van der Waals surface area contributed by atoms with Crippen molar-refractivity contribution in [2.75, 3.05) is 6.61 Å². The van der Waals surface area contributed by atoms with Crippen molar-refractivity contribution in [2.45, 2.75) is 51.7 Å². The summed E-state index contributed by atoms with van der Waals surface area (Å²) in [5, 5.41) is 3.00. The Kier molecular flexibility index (Phi) is 7.08. The summed E-state index contributed by atoms with van der Waals surface area (Å²) >= 11 is 0. The van der Waals surface area contributed by atoms with Crippen LogP contribution in [-0.4, -0.2) is 35.8 Å². The van der Waals surface area contributed by atoms with Crippen LogP contribution in [0.3, 0.4) is 0 Å². The quantitative estimate of drug-likeness (QED) is 0.548. The normalized spacial score (nSPS) is 31.4. The first kappa shape index (κ1) is 24.5. The number of fused-ring (bicyclic) bond motifs is 2. The molecule has 190 valence electrons. The van der Waals surface area contributed by atoms with Crippen LogP contribution in [0.5, 0.6) is 0 Å². The molecule has 7 atom stereocenters. The molecule has 2 aliphatic carbocycles. The number of hydrogen-bond acceptors (Lipinski definition) is 5. The molecule has 0 bridgehead atoms. The number of cyclic esters (lactones) is 1. The molecule has 0 unspecified atom stereocenters. The monoisotopic (exact) mass is 492 g/mol. The summed E-state index contributed by atoms with van der Waals surface area (Å²) in [6.45, 7) is 4.15. The summed E-state index contributed by atoms with van der Waals surface area (Å²) in [6, 6.07) is 10.4. The molecule has 1 amide bonds. The maximum absolute atomic E-state index is 13.6. The Labute approximate surface area is 211 Å². The number of hydrogen-bond donors (Lipinski definition) is 1. The largest absolute Gasteiger partial charge is 0.462 e. The van der Waals surface area contributed by atoms with Gasteiger partial charge in [0.25, 0.3) is 0 Å². The van der Waals surface area contributed by atoms with E-state index in [1.807, 2.05) is 31.2 Å². The number of nitrogens with zero attached hydrogens (tertiary/aromatic N) is 1. The Balaban J connectivity index is 1.34. The first-order valence-corrected chi connectivity index (χ1v) is 13.0. The number of benzene rings is 1. The molecule has 1 N–H and O–H groups in total. The molecule has 1 aromatic heterocycles. The number of allylic oxidation sites excluding steroid dienone is 1. The van der Waals surface area contributed by atoms with E-state index >= 15 is 0 Å². The smallest absolute Gasteiger partial charge is 0.407 e. The van der Waals surface area contributed by atoms with E-state index in [9.17, 15) is 14.0 Å². The Morgan fingerprint density at radius 3 is 2.83 bits per heavy atom. The van der Waals surface area contributed by atoms with Crippen LogP contribution in [0.2, 0.25) is 0 Å². The van der Waals surface area contributed by atoms with Crippen LogP contribution < -0.4 is 5.32 Å². The second-order valence-corrected chi connectivity index (χ2v) is 10.3. The summed E-state index contributed by atoms with van der Waals surface area (Å²) in [7, 11) is 0. The number of alkyl carbamates (subject to hydrolysis) is 1. The van der Waals surface area contributed by atoms with Crippen molar-refractivity contribution in [2.24, 2.45) is 29.6 Å². The molecule has 1 aliphatic heterocycles. The number of nitrogens with one attached hydrogen (secondary N) is 1. The van der Waals surface area contributed by atoms with Crippen LogP contribution in [0.1, 0.15) is 45.2 Å². The lowest BCUT2D eigenvalue weighted by molar-refractivity contribution is -0.144. The van der Waals surface area contributed by atoms with Gasteiger partial charge in [-0.3, -0.25) is 9.78 Å². The van der Waals surface area contributed by atoms with Crippen LogP contribution in [0.4, 0.5) is 9.18 Å². The van der Waals surface area contributed by atoms with Crippen molar-refractivity contribution >= 4 is 18.1 Å². The summed E-state index contributed by atoms with van der Waals surface area (Å²) in [6.07, 6.45) is 9.07. The van der Waals surface area contributed by atoms with Crippen molar-refractivity contribution < 1.29 is 23.5 Å². The van der Waals surface area contributed by atoms with Gasteiger partial charge in [0.15, 0.2) is 0 Å². The highest BCUT2D eigenvalue weighted by molar-refractivity contribution is 5.75. The van der Waals surface area contributed by atoms with Gasteiger partial charge >= 0.3 is 12.1 Å². The molecule has 2 saturated carbocycles. The van der Waals surface area contributed by atoms with E-state index in [0.717, 1.165) is 42.5 Å². The topological polar surface area (TPSA) is 77.5 Å². The third-order valence-electron chi connectivity index (χ3n) is 8.18. The van der Waals surface area contributed by atoms with Crippen molar-refractivity contribution in [1.82, 2.24) is 10.3 Å². The van der Waals surface area contributed by atoms with E-state index < -0.39 is 0 Å². The molecule has 2 heterocycles.